The number of fused-ring (bicyclic) bond motifs is 1. The third-order valence-corrected chi connectivity index (χ3v) is 5.73. The number of alkyl halides is 1. The third-order valence-electron chi connectivity index (χ3n) is 3.87. The Labute approximate surface area is 120 Å². The number of hydrogen-bond donors (Lipinski definition) is 0. The zero-order valence-electron chi connectivity index (χ0n) is 11.5. The minimum absolute atomic E-state index is 0.0888. The molecule has 0 radical (unpaired) electrons. The standard InChI is InChI=1S/C13H15FN2O4S/c1-15-11-6-10(2-3-12(11)20-13(15)17)21(18,19)16-5-4-9(7-14)8-16/h2-3,6,9H,4-5,7-8H2,1H3. The molecule has 3 rings (SSSR count). The highest BCUT2D eigenvalue weighted by atomic mass is 32.2. The van der Waals surface area contributed by atoms with Crippen LogP contribution in [0.1, 0.15) is 6.42 Å². The molecule has 1 saturated heterocycles. The van der Waals surface area contributed by atoms with Crippen LogP contribution in [0.4, 0.5) is 4.39 Å². The van der Waals surface area contributed by atoms with E-state index in [4.69, 9.17) is 4.42 Å². The zero-order valence-corrected chi connectivity index (χ0v) is 12.3. The molecule has 0 aliphatic carbocycles. The van der Waals surface area contributed by atoms with E-state index in [9.17, 15) is 17.6 Å². The molecule has 8 heteroatoms. The van der Waals surface area contributed by atoms with E-state index in [1.807, 2.05) is 0 Å². The van der Waals surface area contributed by atoms with Crippen LogP contribution in [0.25, 0.3) is 11.1 Å². The summed E-state index contributed by atoms with van der Waals surface area (Å²) in [5.41, 5.74) is 0.756. The van der Waals surface area contributed by atoms with Crippen molar-refractivity contribution in [3.63, 3.8) is 0 Å². The molecule has 1 aromatic heterocycles. The lowest BCUT2D eigenvalue weighted by atomic mass is 10.1. The van der Waals surface area contributed by atoms with Crippen LogP contribution in [-0.2, 0) is 17.1 Å². The molecule has 1 aliphatic rings. The fraction of sp³-hybridized carbons (Fsp3) is 0.462. The van der Waals surface area contributed by atoms with Crippen LogP contribution in [0.5, 0.6) is 0 Å². The minimum Gasteiger partial charge on any atom is -0.408 e. The Bertz CT molecular complexity index is 839. The van der Waals surface area contributed by atoms with E-state index in [0.717, 1.165) is 0 Å². The highest BCUT2D eigenvalue weighted by Crippen LogP contribution is 2.26. The van der Waals surface area contributed by atoms with Crippen LogP contribution in [0.2, 0.25) is 0 Å². The van der Waals surface area contributed by atoms with E-state index < -0.39 is 22.5 Å². The summed E-state index contributed by atoms with van der Waals surface area (Å²) in [6.07, 6.45) is 0.530. The average molecular weight is 314 g/mol. The molecule has 21 heavy (non-hydrogen) atoms. The van der Waals surface area contributed by atoms with Gasteiger partial charge in [0.25, 0.3) is 0 Å². The number of sulfonamides is 1. The molecule has 2 heterocycles. The van der Waals surface area contributed by atoms with Gasteiger partial charge in [0.2, 0.25) is 10.0 Å². The van der Waals surface area contributed by atoms with E-state index in [-0.39, 0.29) is 17.4 Å². The van der Waals surface area contributed by atoms with Crippen LogP contribution in [-0.4, -0.2) is 37.1 Å². The van der Waals surface area contributed by atoms with Gasteiger partial charge in [-0.25, -0.2) is 13.2 Å². The first-order valence-corrected chi connectivity index (χ1v) is 8.03. The molecule has 6 nitrogen and oxygen atoms in total. The van der Waals surface area contributed by atoms with Crippen molar-refractivity contribution in [3.8, 4) is 0 Å². The van der Waals surface area contributed by atoms with Crippen molar-refractivity contribution in [2.75, 3.05) is 19.8 Å². The first-order valence-electron chi connectivity index (χ1n) is 6.59. The fourth-order valence-corrected chi connectivity index (χ4v) is 4.11. The van der Waals surface area contributed by atoms with Crippen LogP contribution in [0, 0.1) is 5.92 Å². The molecule has 1 fully saturated rings. The summed E-state index contributed by atoms with van der Waals surface area (Å²) in [7, 11) is -2.16. The maximum absolute atomic E-state index is 12.7. The SMILES string of the molecule is Cn1c(=O)oc2ccc(S(=O)(=O)N3CCC(CF)C3)cc21. The number of oxazole rings is 1. The predicted octanol–water partition coefficient (Wildman–Crippen LogP) is 1.11. The maximum Gasteiger partial charge on any atom is 0.419 e. The summed E-state index contributed by atoms with van der Waals surface area (Å²) in [5, 5.41) is 0. The van der Waals surface area contributed by atoms with Gasteiger partial charge in [-0.2, -0.15) is 4.31 Å². The lowest BCUT2D eigenvalue weighted by Crippen LogP contribution is -2.29. The summed E-state index contributed by atoms with van der Waals surface area (Å²) in [5.74, 6) is -0.778. The van der Waals surface area contributed by atoms with Crippen LogP contribution in [0.3, 0.4) is 0 Å². The molecular formula is C13H15FN2O4S. The monoisotopic (exact) mass is 314 g/mol. The third kappa shape index (κ3) is 2.28. The maximum atomic E-state index is 12.7. The summed E-state index contributed by atoms with van der Waals surface area (Å²) >= 11 is 0. The molecule has 0 saturated carbocycles. The van der Waals surface area contributed by atoms with Gasteiger partial charge < -0.3 is 4.42 Å². The van der Waals surface area contributed by atoms with Gasteiger partial charge in [-0.05, 0) is 24.6 Å². The second-order valence-corrected chi connectivity index (χ2v) is 7.17. The lowest BCUT2D eigenvalue weighted by Gasteiger charge is -2.16. The zero-order chi connectivity index (χ0) is 15.2. The molecule has 0 spiro atoms. The van der Waals surface area contributed by atoms with Gasteiger partial charge in [-0.3, -0.25) is 8.96 Å². The Morgan fingerprint density at radius 3 is 2.86 bits per heavy atom. The number of aromatic nitrogens is 1. The van der Waals surface area contributed by atoms with Crippen molar-refractivity contribution in [1.82, 2.24) is 8.87 Å². The van der Waals surface area contributed by atoms with E-state index in [0.29, 0.717) is 24.1 Å². The van der Waals surface area contributed by atoms with Crippen molar-refractivity contribution in [2.45, 2.75) is 11.3 Å². The fourth-order valence-electron chi connectivity index (χ4n) is 2.56. The summed E-state index contributed by atoms with van der Waals surface area (Å²) in [4.78, 5) is 11.5. The molecule has 0 N–H and O–H groups in total. The highest BCUT2D eigenvalue weighted by molar-refractivity contribution is 7.89. The van der Waals surface area contributed by atoms with E-state index >= 15 is 0 Å². The Morgan fingerprint density at radius 1 is 1.43 bits per heavy atom. The molecular weight excluding hydrogens is 299 g/mol. The number of aryl methyl sites for hydroxylation is 1. The second kappa shape index (κ2) is 4.96. The van der Waals surface area contributed by atoms with Crippen molar-refractivity contribution in [2.24, 2.45) is 13.0 Å². The molecule has 1 atom stereocenters. The first-order chi connectivity index (χ1) is 9.93. The number of rotatable bonds is 3. The summed E-state index contributed by atoms with van der Waals surface area (Å²) < 4.78 is 45.3. The van der Waals surface area contributed by atoms with Gasteiger partial charge in [-0.1, -0.05) is 0 Å². The van der Waals surface area contributed by atoms with Gasteiger partial charge in [0, 0.05) is 26.1 Å². The molecule has 1 aliphatic heterocycles. The Kier molecular flexibility index (Phi) is 3.37. The number of hydrogen-bond acceptors (Lipinski definition) is 4. The highest BCUT2D eigenvalue weighted by Gasteiger charge is 2.32. The summed E-state index contributed by atoms with van der Waals surface area (Å²) in [6, 6.07) is 4.29. The first kappa shape index (κ1) is 14.3. The molecule has 0 amide bonds. The van der Waals surface area contributed by atoms with E-state index in [1.165, 1.54) is 34.1 Å². The quantitative estimate of drug-likeness (QED) is 0.851. The van der Waals surface area contributed by atoms with Crippen molar-refractivity contribution < 1.29 is 17.2 Å². The number of halogens is 1. The van der Waals surface area contributed by atoms with Crippen molar-refractivity contribution in [1.29, 1.82) is 0 Å². The molecule has 1 unspecified atom stereocenters. The van der Waals surface area contributed by atoms with Gasteiger partial charge in [0.15, 0.2) is 5.58 Å². The summed E-state index contributed by atoms with van der Waals surface area (Å²) in [6.45, 7) is 0.00174. The largest absolute Gasteiger partial charge is 0.419 e. The molecule has 114 valence electrons. The molecule has 0 bridgehead atoms. The van der Waals surface area contributed by atoms with Crippen molar-refractivity contribution in [3.05, 3.63) is 28.7 Å². The van der Waals surface area contributed by atoms with Crippen LogP contribution < -0.4 is 5.76 Å². The molecule has 2 aromatic rings. The minimum atomic E-state index is -3.67. The van der Waals surface area contributed by atoms with Crippen LogP contribution in [0.15, 0.2) is 32.3 Å². The number of nitrogens with zero attached hydrogens (tertiary/aromatic N) is 2. The van der Waals surface area contributed by atoms with Gasteiger partial charge >= 0.3 is 5.76 Å². The second-order valence-electron chi connectivity index (χ2n) is 5.23. The van der Waals surface area contributed by atoms with Crippen LogP contribution >= 0.6 is 0 Å². The Balaban J connectivity index is 2.03. The van der Waals surface area contributed by atoms with Gasteiger partial charge in [0.05, 0.1) is 17.1 Å². The molecule has 1 aromatic carbocycles. The van der Waals surface area contributed by atoms with Gasteiger partial charge in [-0.15, -0.1) is 0 Å². The van der Waals surface area contributed by atoms with Crippen molar-refractivity contribution >= 4 is 21.1 Å². The Hall–Kier alpha value is -1.67. The predicted molar refractivity (Wildman–Crippen MR) is 74.3 cm³/mol. The van der Waals surface area contributed by atoms with Gasteiger partial charge in [0.1, 0.15) is 0 Å². The smallest absolute Gasteiger partial charge is 0.408 e. The Morgan fingerprint density at radius 2 is 2.19 bits per heavy atom. The van der Waals surface area contributed by atoms with E-state index in [2.05, 4.69) is 0 Å². The number of benzene rings is 1. The average Bonchev–Trinajstić information content (AvgIpc) is 3.05. The normalized spacial score (nSPS) is 20.4. The van der Waals surface area contributed by atoms with E-state index in [1.54, 1.807) is 0 Å². The lowest BCUT2D eigenvalue weighted by molar-refractivity contribution is 0.366. The topological polar surface area (TPSA) is 72.5 Å².